The van der Waals surface area contributed by atoms with Gasteiger partial charge in [-0.3, -0.25) is 9.78 Å². The Bertz CT molecular complexity index is 784. The number of hydrogen-bond donors (Lipinski definition) is 1. The molecule has 5 heteroatoms. The van der Waals surface area contributed by atoms with Crippen LogP contribution < -0.4 is 0 Å². The van der Waals surface area contributed by atoms with Crippen molar-refractivity contribution in [2.45, 2.75) is 26.7 Å². The molecule has 0 radical (unpaired) electrons. The Hall–Kier alpha value is -2.30. The predicted molar refractivity (Wildman–Crippen MR) is 77.7 cm³/mol. The molecule has 0 saturated carbocycles. The molecule has 114 valence electrons. The summed E-state index contributed by atoms with van der Waals surface area (Å²) in [5.74, 6) is -2.39. The second kappa shape index (κ2) is 4.87. The summed E-state index contributed by atoms with van der Waals surface area (Å²) in [5.41, 5.74) is 0.943. The van der Waals surface area contributed by atoms with Crippen LogP contribution in [0.4, 0.5) is 8.78 Å². The molecule has 0 amide bonds. The average molecular weight is 303 g/mol. The highest BCUT2D eigenvalue weighted by atomic mass is 19.1. The molecule has 1 heterocycles. The van der Waals surface area contributed by atoms with E-state index >= 15 is 0 Å². The van der Waals surface area contributed by atoms with Gasteiger partial charge in [0.2, 0.25) is 0 Å². The van der Waals surface area contributed by atoms with Crippen molar-refractivity contribution in [3.63, 3.8) is 0 Å². The van der Waals surface area contributed by atoms with Crippen molar-refractivity contribution in [3.8, 4) is 17.0 Å². The summed E-state index contributed by atoms with van der Waals surface area (Å²) in [6.07, 6.45) is 1.28. The SMILES string of the molecule is CC1(C)CCc2nc(-c3cc(F)c(O)cc3F)ccc2C1=O. The Labute approximate surface area is 126 Å². The zero-order valence-electron chi connectivity index (χ0n) is 12.3. The zero-order valence-corrected chi connectivity index (χ0v) is 12.3. The van der Waals surface area contributed by atoms with Crippen molar-refractivity contribution in [2.75, 3.05) is 0 Å². The van der Waals surface area contributed by atoms with Crippen molar-refractivity contribution in [1.29, 1.82) is 0 Å². The lowest BCUT2D eigenvalue weighted by Crippen LogP contribution is -2.31. The second-order valence-electron chi connectivity index (χ2n) is 6.19. The lowest BCUT2D eigenvalue weighted by atomic mass is 9.75. The number of carbonyl (C=O) groups is 1. The number of phenols is 1. The molecule has 0 saturated heterocycles. The van der Waals surface area contributed by atoms with Gasteiger partial charge in [-0.1, -0.05) is 13.8 Å². The van der Waals surface area contributed by atoms with Gasteiger partial charge in [0.25, 0.3) is 0 Å². The first-order valence-corrected chi connectivity index (χ1v) is 7.03. The van der Waals surface area contributed by atoms with Crippen molar-refractivity contribution < 1.29 is 18.7 Å². The van der Waals surface area contributed by atoms with Crippen molar-refractivity contribution in [3.05, 3.63) is 47.2 Å². The van der Waals surface area contributed by atoms with Gasteiger partial charge in [-0.2, -0.15) is 0 Å². The molecule has 1 aromatic carbocycles. The number of hydrogen-bond acceptors (Lipinski definition) is 3. The predicted octanol–water partition coefficient (Wildman–Crippen LogP) is 3.89. The molecule has 0 unspecified atom stereocenters. The van der Waals surface area contributed by atoms with Gasteiger partial charge in [0, 0.05) is 22.6 Å². The molecule has 0 atom stereocenters. The fraction of sp³-hybridized carbons (Fsp3) is 0.294. The van der Waals surface area contributed by atoms with E-state index in [-0.39, 0.29) is 17.0 Å². The highest BCUT2D eigenvalue weighted by Gasteiger charge is 2.35. The largest absolute Gasteiger partial charge is 0.505 e. The minimum atomic E-state index is -0.909. The minimum absolute atomic E-state index is 0.0187. The molecule has 1 aromatic heterocycles. The van der Waals surface area contributed by atoms with E-state index in [1.165, 1.54) is 6.07 Å². The van der Waals surface area contributed by atoms with Crippen LogP contribution >= 0.6 is 0 Å². The van der Waals surface area contributed by atoms with Crippen LogP contribution in [0, 0.1) is 17.0 Å². The smallest absolute Gasteiger partial charge is 0.170 e. The summed E-state index contributed by atoms with van der Waals surface area (Å²) in [4.78, 5) is 16.7. The number of aromatic hydroxyl groups is 1. The van der Waals surface area contributed by atoms with E-state index < -0.39 is 22.8 Å². The van der Waals surface area contributed by atoms with Crippen LogP contribution in [0.5, 0.6) is 5.75 Å². The minimum Gasteiger partial charge on any atom is -0.505 e. The van der Waals surface area contributed by atoms with Gasteiger partial charge in [0.1, 0.15) is 5.82 Å². The number of fused-ring (bicyclic) bond motifs is 1. The molecule has 3 rings (SSSR count). The number of carbonyl (C=O) groups excluding carboxylic acids is 1. The molecule has 0 spiro atoms. The van der Waals surface area contributed by atoms with Crippen LogP contribution in [0.2, 0.25) is 0 Å². The highest BCUT2D eigenvalue weighted by Crippen LogP contribution is 2.35. The monoisotopic (exact) mass is 303 g/mol. The summed E-state index contributed by atoms with van der Waals surface area (Å²) in [6, 6.07) is 4.76. The van der Waals surface area contributed by atoms with Gasteiger partial charge in [-0.25, -0.2) is 8.78 Å². The van der Waals surface area contributed by atoms with Gasteiger partial charge in [-0.15, -0.1) is 0 Å². The average Bonchev–Trinajstić information content (AvgIpc) is 2.47. The topological polar surface area (TPSA) is 50.2 Å². The fourth-order valence-corrected chi connectivity index (χ4v) is 2.69. The number of benzene rings is 1. The van der Waals surface area contributed by atoms with Crippen LogP contribution in [-0.4, -0.2) is 15.9 Å². The zero-order chi connectivity index (χ0) is 16.1. The molecule has 1 aliphatic rings. The van der Waals surface area contributed by atoms with E-state index in [4.69, 9.17) is 0 Å². The van der Waals surface area contributed by atoms with E-state index in [0.29, 0.717) is 24.1 Å². The first-order chi connectivity index (χ1) is 10.3. The number of rotatable bonds is 1. The molecule has 0 bridgehead atoms. The highest BCUT2D eigenvalue weighted by molar-refractivity contribution is 6.02. The Morgan fingerprint density at radius 3 is 2.59 bits per heavy atom. The van der Waals surface area contributed by atoms with Crippen LogP contribution in [0.1, 0.15) is 36.3 Å². The van der Waals surface area contributed by atoms with Gasteiger partial charge < -0.3 is 5.11 Å². The van der Waals surface area contributed by atoms with Gasteiger partial charge in [-0.05, 0) is 31.0 Å². The van der Waals surface area contributed by atoms with Gasteiger partial charge >= 0.3 is 0 Å². The molecule has 3 nitrogen and oxygen atoms in total. The standard InChI is InChI=1S/C17H15F2NO2/c1-17(2)6-5-14-9(16(17)22)3-4-13(20-14)10-7-12(19)15(21)8-11(10)18/h3-4,7-8,21H,5-6H2,1-2H3. The molecule has 2 aromatic rings. The first-order valence-electron chi connectivity index (χ1n) is 7.03. The fourth-order valence-electron chi connectivity index (χ4n) is 2.69. The molecular weight excluding hydrogens is 288 g/mol. The maximum atomic E-state index is 13.9. The lowest BCUT2D eigenvalue weighted by molar-refractivity contribution is 0.0809. The summed E-state index contributed by atoms with van der Waals surface area (Å²) >= 11 is 0. The number of ketones is 1. The van der Waals surface area contributed by atoms with Crippen LogP contribution in [0.3, 0.4) is 0 Å². The number of pyridine rings is 1. The van der Waals surface area contributed by atoms with E-state index in [0.717, 1.165) is 12.1 Å². The van der Waals surface area contributed by atoms with Crippen molar-refractivity contribution >= 4 is 5.78 Å². The Morgan fingerprint density at radius 2 is 1.86 bits per heavy atom. The first kappa shape index (κ1) is 14.6. The van der Waals surface area contributed by atoms with Gasteiger partial charge in [0.05, 0.1) is 11.4 Å². The van der Waals surface area contributed by atoms with E-state index in [1.807, 2.05) is 13.8 Å². The van der Waals surface area contributed by atoms with E-state index in [9.17, 15) is 18.7 Å². The summed E-state index contributed by atoms with van der Waals surface area (Å²) in [5, 5.41) is 9.18. The normalized spacial score (nSPS) is 16.5. The lowest BCUT2D eigenvalue weighted by Gasteiger charge is -2.29. The van der Waals surface area contributed by atoms with Crippen molar-refractivity contribution in [2.24, 2.45) is 5.41 Å². The van der Waals surface area contributed by atoms with Crippen molar-refractivity contribution in [1.82, 2.24) is 4.98 Å². The molecule has 0 aliphatic heterocycles. The Kier molecular flexibility index (Phi) is 3.24. The molecule has 0 fully saturated rings. The van der Waals surface area contributed by atoms with Crippen LogP contribution in [-0.2, 0) is 6.42 Å². The third-order valence-electron chi connectivity index (χ3n) is 4.13. The van der Waals surface area contributed by atoms with Gasteiger partial charge in [0.15, 0.2) is 17.3 Å². The summed E-state index contributed by atoms with van der Waals surface area (Å²) < 4.78 is 27.4. The third-order valence-corrected chi connectivity index (χ3v) is 4.13. The number of phenolic OH excluding ortho intramolecular Hbond substituents is 1. The second-order valence-corrected chi connectivity index (χ2v) is 6.19. The Balaban J connectivity index is 2.09. The molecule has 22 heavy (non-hydrogen) atoms. The Morgan fingerprint density at radius 1 is 1.14 bits per heavy atom. The summed E-state index contributed by atoms with van der Waals surface area (Å²) in [6.45, 7) is 3.78. The third kappa shape index (κ3) is 2.26. The number of aromatic nitrogens is 1. The number of Topliss-reactive ketones (excluding diaryl/α,β-unsaturated/α-hetero) is 1. The van der Waals surface area contributed by atoms with E-state index in [1.54, 1.807) is 6.07 Å². The maximum Gasteiger partial charge on any atom is 0.170 e. The van der Waals surface area contributed by atoms with Crippen LogP contribution in [0.15, 0.2) is 24.3 Å². The molecular formula is C17H15F2NO2. The molecule has 1 N–H and O–H groups in total. The maximum absolute atomic E-state index is 13.9. The van der Waals surface area contributed by atoms with Crippen LogP contribution in [0.25, 0.3) is 11.3 Å². The quantitative estimate of drug-likeness (QED) is 0.869. The number of aryl methyl sites for hydroxylation is 1. The number of halogens is 2. The summed E-state index contributed by atoms with van der Waals surface area (Å²) in [7, 11) is 0. The number of nitrogens with zero attached hydrogens (tertiary/aromatic N) is 1. The molecule has 1 aliphatic carbocycles. The van der Waals surface area contributed by atoms with E-state index in [2.05, 4.69) is 4.98 Å².